The van der Waals surface area contributed by atoms with Crippen molar-refractivity contribution in [2.75, 3.05) is 10.2 Å². The van der Waals surface area contributed by atoms with E-state index in [1.807, 2.05) is 24.8 Å². The maximum absolute atomic E-state index is 12.8. The number of hydrogen-bond donors (Lipinski definition) is 2. The van der Waals surface area contributed by atoms with E-state index in [1.165, 1.54) is 6.21 Å². The van der Waals surface area contributed by atoms with Gasteiger partial charge in [0.2, 0.25) is 6.41 Å². The molecule has 7 heteroatoms. The molecular formula is C23H21N3O4. The summed E-state index contributed by atoms with van der Waals surface area (Å²) >= 11 is 0. The first-order chi connectivity index (χ1) is 14.4. The molecule has 0 saturated carbocycles. The Labute approximate surface area is 173 Å². The van der Waals surface area contributed by atoms with E-state index in [0.717, 1.165) is 28.1 Å². The van der Waals surface area contributed by atoms with E-state index in [4.69, 9.17) is 0 Å². The summed E-state index contributed by atoms with van der Waals surface area (Å²) in [5.41, 5.74) is 6.32. The van der Waals surface area contributed by atoms with Crippen molar-refractivity contribution < 1.29 is 19.5 Å². The highest BCUT2D eigenvalue weighted by atomic mass is 16.4. The van der Waals surface area contributed by atoms with Gasteiger partial charge in [0.25, 0.3) is 0 Å². The monoisotopic (exact) mass is 403 g/mol. The molecule has 2 N–H and O–H groups in total. The second kappa shape index (κ2) is 7.59. The third-order valence-electron chi connectivity index (χ3n) is 5.36. The number of fused-ring (bicyclic) bond motifs is 3. The number of carbonyl (C=O) groups excluding carboxylic acids is 2. The molecule has 2 heterocycles. The van der Waals surface area contributed by atoms with Crippen LogP contribution in [0.15, 0.2) is 47.2 Å². The van der Waals surface area contributed by atoms with Gasteiger partial charge in [0.1, 0.15) is 0 Å². The Balaban J connectivity index is 1.88. The number of nitrogens with zero attached hydrogens (tertiary/aromatic N) is 2. The highest BCUT2D eigenvalue weighted by molar-refractivity contribution is 6.33. The van der Waals surface area contributed by atoms with Crippen LogP contribution in [0.3, 0.4) is 0 Å². The molecule has 30 heavy (non-hydrogen) atoms. The van der Waals surface area contributed by atoms with E-state index in [9.17, 15) is 19.5 Å². The number of carboxylic acid groups (broad SMARTS) is 1. The first-order valence-corrected chi connectivity index (χ1v) is 9.58. The van der Waals surface area contributed by atoms with Crippen LogP contribution >= 0.6 is 0 Å². The molecular weight excluding hydrogens is 382 g/mol. The number of aryl methyl sites for hydroxylation is 2. The summed E-state index contributed by atoms with van der Waals surface area (Å²) in [5.74, 6) is -1.83. The third kappa shape index (κ3) is 3.39. The van der Waals surface area contributed by atoms with Crippen LogP contribution in [0.4, 0.5) is 11.4 Å². The molecule has 2 aliphatic rings. The highest BCUT2D eigenvalue weighted by Crippen LogP contribution is 2.50. The van der Waals surface area contributed by atoms with Crippen LogP contribution in [0, 0.1) is 13.8 Å². The van der Waals surface area contributed by atoms with Gasteiger partial charge in [-0.25, -0.2) is 0 Å². The Bertz CT molecular complexity index is 1110. The van der Waals surface area contributed by atoms with Crippen molar-refractivity contribution in [3.63, 3.8) is 0 Å². The average molecular weight is 403 g/mol. The maximum Gasteiger partial charge on any atom is 0.307 e. The molecule has 0 spiro atoms. The predicted octanol–water partition coefficient (Wildman–Crippen LogP) is 3.10. The molecule has 1 atom stereocenters. The average Bonchev–Trinajstić information content (AvgIpc) is 2.98. The van der Waals surface area contributed by atoms with Gasteiger partial charge in [0, 0.05) is 24.0 Å². The lowest BCUT2D eigenvalue weighted by Gasteiger charge is -2.24. The van der Waals surface area contributed by atoms with Gasteiger partial charge in [0.05, 0.1) is 29.9 Å². The summed E-state index contributed by atoms with van der Waals surface area (Å²) in [4.78, 5) is 41.5. The Morgan fingerprint density at radius 1 is 1.23 bits per heavy atom. The standard InChI is InChI=1S/C23H21N3O4/c1-13-5-14(2)7-15(6-13)11-26-17-4-3-16(8-20(29)30)23(25-12-27)22(17)21-18(26)9-24-10-19(21)28/h3-7,9-10,12,21H,8,11H2,1-2H3,(H,25,27)(H,29,30). The number of aliphatic carboxylic acids is 1. The summed E-state index contributed by atoms with van der Waals surface area (Å²) in [6.07, 6.45) is 3.19. The Morgan fingerprint density at radius 2 is 1.97 bits per heavy atom. The zero-order valence-corrected chi connectivity index (χ0v) is 16.7. The van der Waals surface area contributed by atoms with Gasteiger partial charge in [-0.05, 0) is 31.0 Å². The van der Waals surface area contributed by atoms with E-state index >= 15 is 0 Å². The van der Waals surface area contributed by atoms with Gasteiger partial charge < -0.3 is 15.3 Å². The number of aliphatic imine (C=N–C) groups is 1. The largest absolute Gasteiger partial charge is 0.481 e. The van der Waals surface area contributed by atoms with Crippen LogP contribution in [0.1, 0.15) is 33.7 Å². The number of amides is 1. The normalized spacial score (nSPS) is 16.7. The zero-order valence-electron chi connectivity index (χ0n) is 16.7. The summed E-state index contributed by atoms with van der Waals surface area (Å²) in [7, 11) is 0. The second-order valence-corrected chi connectivity index (χ2v) is 7.61. The van der Waals surface area contributed by atoms with Crippen molar-refractivity contribution in [2.24, 2.45) is 4.99 Å². The van der Waals surface area contributed by atoms with Crippen LogP contribution in [0.5, 0.6) is 0 Å². The Hall–Kier alpha value is -3.74. The third-order valence-corrected chi connectivity index (χ3v) is 5.36. The molecule has 0 aromatic heterocycles. The first-order valence-electron chi connectivity index (χ1n) is 9.58. The summed E-state index contributed by atoms with van der Waals surface area (Å²) in [6, 6.07) is 9.80. The van der Waals surface area contributed by atoms with Crippen LogP contribution in [0.25, 0.3) is 0 Å². The highest BCUT2D eigenvalue weighted by Gasteiger charge is 2.41. The number of carboxylic acids is 1. The predicted molar refractivity (Wildman–Crippen MR) is 114 cm³/mol. The number of carbonyl (C=O) groups is 3. The molecule has 2 aromatic carbocycles. The van der Waals surface area contributed by atoms with E-state index in [1.54, 1.807) is 12.3 Å². The second-order valence-electron chi connectivity index (χ2n) is 7.61. The number of allylic oxidation sites excluding steroid dienone is 1. The first kappa shape index (κ1) is 19.6. The zero-order chi connectivity index (χ0) is 21.4. The lowest BCUT2D eigenvalue weighted by Crippen LogP contribution is -2.24. The SMILES string of the molecule is Cc1cc(C)cc(CN2C3=CN=CC(=O)C3c3c2ccc(CC(=O)O)c3NC=O)c1. The number of ketones is 1. The van der Waals surface area contributed by atoms with Crippen LogP contribution in [-0.4, -0.2) is 29.5 Å². The lowest BCUT2D eigenvalue weighted by atomic mass is 9.90. The van der Waals surface area contributed by atoms with Crippen LogP contribution in [0.2, 0.25) is 0 Å². The molecule has 0 bridgehead atoms. The fourth-order valence-electron chi connectivity index (χ4n) is 4.38. The van der Waals surface area contributed by atoms with Gasteiger partial charge in [-0.1, -0.05) is 35.4 Å². The fourth-order valence-corrected chi connectivity index (χ4v) is 4.38. The fraction of sp³-hybridized carbons (Fsp3) is 0.217. The summed E-state index contributed by atoms with van der Waals surface area (Å²) < 4.78 is 0. The van der Waals surface area contributed by atoms with Gasteiger partial charge in [-0.2, -0.15) is 0 Å². The molecule has 7 nitrogen and oxygen atoms in total. The van der Waals surface area contributed by atoms with Crippen molar-refractivity contribution in [2.45, 2.75) is 32.7 Å². The van der Waals surface area contributed by atoms with Crippen molar-refractivity contribution in [1.29, 1.82) is 0 Å². The van der Waals surface area contributed by atoms with Crippen molar-refractivity contribution in [3.8, 4) is 0 Å². The van der Waals surface area contributed by atoms with Gasteiger partial charge in [0.15, 0.2) is 5.78 Å². The molecule has 4 rings (SSSR count). The van der Waals surface area contributed by atoms with Crippen molar-refractivity contribution in [1.82, 2.24) is 0 Å². The number of benzene rings is 2. The molecule has 0 fully saturated rings. The number of nitrogens with one attached hydrogen (secondary N) is 1. The van der Waals surface area contributed by atoms with E-state index in [-0.39, 0.29) is 12.2 Å². The number of Topliss-reactive ketones (excluding diaryl/α,β-unsaturated/α-hetero) is 1. The maximum atomic E-state index is 12.8. The molecule has 0 aliphatic carbocycles. The van der Waals surface area contributed by atoms with Gasteiger partial charge >= 0.3 is 5.97 Å². The van der Waals surface area contributed by atoms with Crippen molar-refractivity contribution >= 4 is 35.8 Å². The molecule has 0 radical (unpaired) electrons. The lowest BCUT2D eigenvalue weighted by molar-refractivity contribution is -0.136. The quantitative estimate of drug-likeness (QED) is 0.722. The van der Waals surface area contributed by atoms with Crippen LogP contribution in [-0.2, 0) is 27.3 Å². The van der Waals surface area contributed by atoms with E-state index in [2.05, 4.69) is 28.5 Å². The van der Waals surface area contributed by atoms with Crippen LogP contribution < -0.4 is 10.2 Å². The number of hydrogen-bond acceptors (Lipinski definition) is 5. The minimum absolute atomic E-state index is 0.196. The molecule has 2 aliphatic heterocycles. The van der Waals surface area contributed by atoms with Gasteiger partial charge in [-0.3, -0.25) is 19.4 Å². The molecule has 1 unspecified atom stereocenters. The Morgan fingerprint density at radius 3 is 2.63 bits per heavy atom. The van der Waals surface area contributed by atoms with Gasteiger partial charge in [-0.15, -0.1) is 0 Å². The summed E-state index contributed by atoms with van der Waals surface area (Å²) in [5, 5.41) is 11.9. The molecule has 2 aromatic rings. The number of rotatable bonds is 6. The molecule has 152 valence electrons. The van der Waals surface area contributed by atoms with E-state index in [0.29, 0.717) is 29.8 Å². The smallest absolute Gasteiger partial charge is 0.307 e. The Kier molecular flexibility index (Phi) is 4.95. The molecule has 0 saturated heterocycles. The summed E-state index contributed by atoms with van der Waals surface area (Å²) in [6.45, 7) is 4.60. The minimum atomic E-state index is -1.01. The molecule has 1 amide bonds. The minimum Gasteiger partial charge on any atom is -0.481 e. The topological polar surface area (TPSA) is 99.1 Å². The van der Waals surface area contributed by atoms with Crippen molar-refractivity contribution in [3.05, 3.63) is 70.0 Å². The number of anilines is 2. The van der Waals surface area contributed by atoms with E-state index < -0.39 is 11.9 Å².